The molecule has 0 aliphatic carbocycles. The second-order valence-corrected chi connectivity index (χ2v) is 4.85. The maximum Gasteiger partial charge on any atom is 0.252 e. The zero-order valence-electron chi connectivity index (χ0n) is 10.6. The molecule has 0 aromatic carbocycles. The smallest absolute Gasteiger partial charge is 0.252 e. The summed E-state index contributed by atoms with van der Waals surface area (Å²) in [5, 5.41) is 8.35. The van der Waals surface area contributed by atoms with Crippen molar-refractivity contribution >= 4 is 22.4 Å². The van der Waals surface area contributed by atoms with Crippen molar-refractivity contribution in [2.75, 3.05) is 19.0 Å². The molecule has 1 aromatic rings. The Labute approximate surface area is 106 Å². The van der Waals surface area contributed by atoms with Gasteiger partial charge in [-0.15, -0.1) is 11.3 Å². The topological polar surface area (TPSA) is 63.2 Å². The van der Waals surface area contributed by atoms with Crippen LogP contribution in [0.3, 0.4) is 0 Å². The Balaban J connectivity index is 2.46. The van der Waals surface area contributed by atoms with Crippen LogP contribution in [0.2, 0.25) is 0 Å². The molecule has 1 heterocycles. The van der Waals surface area contributed by atoms with Crippen LogP contribution in [-0.2, 0) is 9.53 Å². The number of nitrogens with one attached hydrogen (secondary N) is 2. The minimum atomic E-state index is -0.170. The number of amides is 1. The third kappa shape index (κ3) is 4.80. The molecule has 6 heteroatoms. The van der Waals surface area contributed by atoms with Crippen LogP contribution in [0, 0.1) is 0 Å². The number of hydrogen-bond donors (Lipinski definition) is 2. The average molecular weight is 257 g/mol. The van der Waals surface area contributed by atoms with Gasteiger partial charge in [-0.3, -0.25) is 10.1 Å². The number of carbonyl (C=O) groups excluding carboxylic acids is 1. The van der Waals surface area contributed by atoms with E-state index in [2.05, 4.69) is 15.6 Å². The van der Waals surface area contributed by atoms with Crippen molar-refractivity contribution in [3.63, 3.8) is 0 Å². The van der Waals surface area contributed by atoms with Crippen LogP contribution in [-0.4, -0.2) is 30.6 Å². The van der Waals surface area contributed by atoms with Gasteiger partial charge in [-0.2, -0.15) is 0 Å². The molecule has 0 aliphatic rings. The zero-order valence-corrected chi connectivity index (χ0v) is 11.4. The van der Waals surface area contributed by atoms with Crippen LogP contribution >= 0.6 is 11.3 Å². The van der Waals surface area contributed by atoms with Gasteiger partial charge < -0.3 is 10.1 Å². The van der Waals surface area contributed by atoms with Crippen LogP contribution in [0.1, 0.15) is 32.5 Å². The number of rotatable bonds is 6. The molecule has 5 nitrogen and oxygen atoms in total. The summed E-state index contributed by atoms with van der Waals surface area (Å²) in [5.74, 6) is -0.170. The number of nitrogens with zero attached hydrogens (tertiary/aromatic N) is 1. The van der Waals surface area contributed by atoms with E-state index >= 15 is 0 Å². The maximum absolute atomic E-state index is 11.5. The number of ether oxygens (including phenoxy) is 1. The highest BCUT2D eigenvalue weighted by atomic mass is 32.1. The van der Waals surface area contributed by atoms with E-state index in [1.165, 1.54) is 11.3 Å². The molecule has 0 bridgehead atoms. The average Bonchev–Trinajstić information content (AvgIpc) is 2.73. The minimum Gasteiger partial charge on any atom is -0.369 e. The summed E-state index contributed by atoms with van der Waals surface area (Å²) in [7, 11) is 1.87. The number of thiazole rings is 1. The summed E-state index contributed by atoms with van der Waals surface area (Å²) in [6, 6.07) is 0.184. The molecule has 96 valence electrons. The largest absolute Gasteiger partial charge is 0.369 e. The van der Waals surface area contributed by atoms with E-state index in [0.717, 1.165) is 5.69 Å². The third-order valence-corrected chi connectivity index (χ3v) is 2.97. The Bertz CT molecular complexity index is 365. The fraction of sp³-hybridized carbons (Fsp3) is 0.636. The molecular weight excluding hydrogens is 238 g/mol. The predicted molar refractivity (Wildman–Crippen MR) is 69.3 cm³/mol. The summed E-state index contributed by atoms with van der Waals surface area (Å²) >= 11 is 1.42. The number of aromatic nitrogens is 1. The molecule has 0 aliphatic heterocycles. The van der Waals surface area contributed by atoms with Gasteiger partial charge in [0.2, 0.25) is 0 Å². The summed E-state index contributed by atoms with van der Waals surface area (Å²) in [4.78, 5) is 15.8. The van der Waals surface area contributed by atoms with Gasteiger partial charge in [0.25, 0.3) is 5.91 Å². The van der Waals surface area contributed by atoms with Crippen LogP contribution < -0.4 is 10.6 Å². The second-order valence-electron chi connectivity index (χ2n) is 4.00. The molecule has 0 saturated heterocycles. The SMILES string of the molecule is CNC(C)c1csc(NC(=O)COC(C)C)n1. The highest BCUT2D eigenvalue weighted by Gasteiger charge is 2.10. The van der Waals surface area contributed by atoms with Crippen molar-refractivity contribution in [2.24, 2.45) is 0 Å². The van der Waals surface area contributed by atoms with Crippen molar-refractivity contribution in [1.82, 2.24) is 10.3 Å². The van der Waals surface area contributed by atoms with E-state index in [1.54, 1.807) is 0 Å². The molecule has 1 unspecified atom stereocenters. The normalized spacial score (nSPS) is 12.8. The molecule has 0 spiro atoms. The van der Waals surface area contributed by atoms with E-state index in [9.17, 15) is 4.79 Å². The van der Waals surface area contributed by atoms with Crippen LogP contribution in [0.5, 0.6) is 0 Å². The number of anilines is 1. The first-order valence-corrected chi connectivity index (χ1v) is 6.45. The van der Waals surface area contributed by atoms with E-state index in [1.807, 2.05) is 33.2 Å². The molecule has 1 aromatic heterocycles. The van der Waals surface area contributed by atoms with Crippen molar-refractivity contribution in [3.8, 4) is 0 Å². The number of carbonyl (C=O) groups is 1. The Morgan fingerprint density at radius 3 is 2.82 bits per heavy atom. The summed E-state index contributed by atoms with van der Waals surface area (Å²) in [6.07, 6.45) is 0.0527. The lowest BCUT2D eigenvalue weighted by atomic mass is 10.3. The van der Waals surface area contributed by atoms with E-state index < -0.39 is 0 Å². The van der Waals surface area contributed by atoms with Gasteiger partial charge >= 0.3 is 0 Å². The summed E-state index contributed by atoms with van der Waals surface area (Å²) in [5.41, 5.74) is 0.928. The van der Waals surface area contributed by atoms with Crippen LogP contribution in [0.4, 0.5) is 5.13 Å². The van der Waals surface area contributed by atoms with Crippen molar-refractivity contribution in [1.29, 1.82) is 0 Å². The van der Waals surface area contributed by atoms with E-state index in [0.29, 0.717) is 5.13 Å². The van der Waals surface area contributed by atoms with Gasteiger partial charge in [-0.1, -0.05) is 0 Å². The van der Waals surface area contributed by atoms with Crippen LogP contribution in [0.15, 0.2) is 5.38 Å². The third-order valence-electron chi connectivity index (χ3n) is 2.19. The molecular formula is C11H19N3O2S. The standard InChI is InChI=1S/C11H19N3O2S/c1-7(2)16-5-10(15)14-11-13-9(6-17-11)8(3)12-4/h6-8,12H,5H2,1-4H3,(H,13,14,15). The maximum atomic E-state index is 11.5. The lowest BCUT2D eigenvalue weighted by Gasteiger charge is -2.07. The quantitative estimate of drug-likeness (QED) is 0.815. The Hall–Kier alpha value is -0.980. The second kappa shape index (κ2) is 6.68. The van der Waals surface area contributed by atoms with Gasteiger partial charge in [0.05, 0.1) is 11.8 Å². The van der Waals surface area contributed by atoms with Crippen LogP contribution in [0.25, 0.3) is 0 Å². The Morgan fingerprint density at radius 2 is 2.24 bits per heavy atom. The van der Waals surface area contributed by atoms with Gasteiger partial charge in [-0.25, -0.2) is 4.98 Å². The van der Waals surface area contributed by atoms with Gasteiger partial charge in [-0.05, 0) is 27.8 Å². The monoisotopic (exact) mass is 257 g/mol. The van der Waals surface area contributed by atoms with Crippen molar-refractivity contribution in [3.05, 3.63) is 11.1 Å². The molecule has 1 amide bonds. The minimum absolute atomic E-state index is 0.0527. The molecule has 17 heavy (non-hydrogen) atoms. The van der Waals surface area contributed by atoms with Crippen molar-refractivity contribution in [2.45, 2.75) is 32.9 Å². The highest BCUT2D eigenvalue weighted by Crippen LogP contribution is 2.20. The van der Waals surface area contributed by atoms with Crippen molar-refractivity contribution < 1.29 is 9.53 Å². The molecule has 1 rings (SSSR count). The zero-order chi connectivity index (χ0) is 12.8. The molecule has 0 radical (unpaired) electrons. The summed E-state index contributed by atoms with van der Waals surface area (Å²) in [6.45, 7) is 5.86. The lowest BCUT2D eigenvalue weighted by Crippen LogP contribution is -2.20. The Kier molecular flexibility index (Phi) is 5.54. The predicted octanol–water partition coefficient (Wildman–Crippen LogP) is 1.79. The van der Waals surface area contributed by atoms with E-state index in [-0.39, 0.29) is 24.7 Å². The molecule has 2 N–H and O–H groups in total. The first-order valence-electron chi connectivity index (χ1n) is 5.57. The highest BCUT2D eigenvalue weighted by molar-refractivity contribution is 7.13. The van der Waals surface area contributed by atoms with Gasteiger partial charge in [0.15, 0.2) is 5.13 Å². The lowest BCUT2D eigenvalue weighted by molar-refractivity contribution is -0.121. The van der Waals surface area contributed by atoms with E-state index in [4.69, 9.17) is 4.74 Å². The number of hydrogen-bond acceptors (Lipinski definition) is 5. The van der Waals surface area contributed by atoms with Gasteiger partial charge in [0.1, 0.15) is 6.61 Å². The molecule has 0 fully saturated rings. The first-order chi connectivity index (χ1) is 8.02. The van der Waals surface area contributed by atoms with Gasteiger partial charge in [0, 0.05) is 11.4 Å². The summed E-state index contributed by atoms with van der Waals surface area (Å²) < 4.78 is 5.20. The Morgan fingerprint density at radius 1 is 1.53 bits per heavy atom. The first kappa shape index (κ1) is 14.1. The molecule has 0 saturated carbocycles. The molecule has 1 atom stereocenters. The fourth-order valence-electron chi connectivity index (χ4n) is 1.09. The fourth-order valence-corrected chi connectivity index (χ4v) is 1.91.